The molecule has 0 saturated carbocycles. The van der Waals surface area contributed by atoms with Crippen LogP contribution in [0.15, 0.2) is 35.4 Å². The number of nitrogens with zero attached hydrogens (tertiary/aromatic N) is 4. The molecule has 1 aliphatic rings. The first kappa shape index (κ1) is 24.3. The van der Waals surface area contributed by atoms with Gasteiger partial charge < -0.3 is 9.47 Å². The van der Waals surface area contributed by atoms with Crippen molar-refractivity contribution in [3.63, 3.8) is 0 Å². The molecule has 178 valence electrons. The molecule has 0 saturated heterocycles. The SMILES string of the molecule is COc1cc2c(c(F)c1OC)C=NN(C(=O)N(C)c1ccc(N(C)S(C)(=O)=O)cc1)C(C)C2. The van der Waals surface area contributed by atoms with Crippen LogP contribution in [0.25, 0.3) is 0 Å². The summed E-state index contributed by atoms with van der Waals surface area (Å²) in [6.45, 7) is 1.82. The molecule has 1 atom stereocenters. The van der Waals surface area contributed by atoms with Crippen LogP contribution in [0.1, 0.15) is 18.1 Å². The summed E-state index contributed by atoms with van der Waals surface area (Å²) in [7, 11) is 2.43. The van der Waals surface area contributed by atoms with E-state index in [1.165, 1.54) is 37.4 Å². The molecule has 1 unspecified atom stereocenters. The van der Waals surface area contributed by atoms with Gasteiger partial charge in [-0.2, -0.15) is 5.10 Å². The molecule has 1 aliphatic heterocycles. The number of urea groups is 1. The van der Waals surface area contributed by atoms with E-state index in [1.54, 1.807) is 37.4 Å². The molecular weight excluding hydrogens is 451 g/mol. The minimum Gasteiger partial charge on any atom is -0.493 e. The molecule has 3 rings (SSSR count). The van der Waals surface area contributed by atoms with Gasteiger partial charge in [0.1, 0.15) is 0 Å². The van der Waals surface area contributed by atoms with Gasteiger partial charge in [-0.05, 0) is 49.2 Å². The van der Waals surface area contributed by atoms with Gasteiger partial charge in [-0.25, -0.2) is 22.6 Å². The number of carbonyl (C=O) groups is 1. The number of carbonyl (C=O) groups excluding carboxylic acids is 1. The van der Waals surface area contributed by atoms with Crippen molar-refractivity contribution < 1.29 is 27.1 Å². The van der Waals surface area contributed by atoms with Crippen molar-refractivity contribution >= 4 is 33.6 Å². The van der Waals surface area contributed by atoms with Crippen LogP contribution in [0.3, 0.4) is 0 Å². The predicted octanol–water partition coefficient (Wildman–Crippen LogP) is 3.08. The lowest BCUT2D eigenvalue weighted by atomic mass is 10.00. The number of hydrogen-bond donors (Lipinski definition) is 0. The van der Waals surface area contributed by atoms with Crippen molar-refractivity contribution in [3.05, 3.63) is 47.3 Å². The summed E-state index contributed by atoms with van der Waals surface area (Å²) in [6, 6.07) is 7.41. The van der Waals surface area contributed by atoms with Gasteiger partial charge in [0, 0.05) is 25.3 Å². The van der Waals surface area contributed by atoms with Gasteiger partial charge in [0.15, 0.2) is 17.3 Å². The Hall–Kier alpha value is -3.34. The first-order valence-corrected chi connectivity index (χ1v) is 11.9. The third kappa shape index (κ3) is 4.72. The average molecular weight is 479 g/mol. The summed E-state index contributed by atoms with van der Waals surface area (Å²) in [5, 5.41) is 5.54. The number of halogens is 1. The van der Waals surface area contributed by atoms with Gasteiger partial charge in [0.2, 0.25) is 10.0 Å². The number of sulfonamides is 1. The monoisotopic (exact) mass is 478 g/mol. The zero-order valence-electron chi connectivity index (χ0n) is 19.4. The molecule has 0 bridgehead atoms. The number of methoxy groups -OCH3 is 2. The molecule has 33 heavy (non-hydrogen) atoms. The highest BCUT2D eigenvalue weighted by atomic mass is 32.2. The topological polar surface area (TPSA) is 91.8 Å². The van der Waals surface area contributed by atoms with Crippen LogP contribution in [0.5, 0.6) is 11.5 Å². The fourth-order valence-corrected chi connectivity index (χ4v) is 4.05. The molecule has 0 N–H and O–H groups in total. The first-order valence-electron chi connectivity index (χ1n) is 10.1. The van der Waals surface area contributed by atoms with Crippen molar-refractivity contribution in [1.82, 2.24) is 5.01 Å². The Morgan fingerprint density at radius 2 is 1.76 bits per heavy atom. The average Bonchev–Trinajstić information content (AvgIpc) is 2.95. The number of rotatable bonds is 5. The van der Waals surface area contributed by atoms with Crippen LogP contribution in [0.2, 0.25) is 0 Å². The lowest BCUT2D eigenvalue weighted by Gasteiger charge is -2.28. The van der Waals surface area contributed by atoms with E-state index in [1.807, 2.05) is 6.92 Å². The first-order chi connectivity index (χ1) is 15.5. The van der Waals surface area contributed by atoms with Gasteiger partial charge in [-0.1, -0.05) is 0 Å². The Bertz CT molecular complexity index is 1180. The molecule has 0 radical (unpaired) electrons. The molecule has 2 aromatic rings. The van der Waals surface area contributed by atoms with E-state index in [0.717, 1.165) is 10.6 Å². The Morgan fingerprint density at radius 3 is 2.30 bits per heavy atom. The second kappa shape index (κ2) is 9.26. The fourth-order valence-electron chi connectivity index (χ4n) is 3.54. The maximum atomic E-state index is 15.0. The summed E-state index contributed by atoms with van der Waals surface area (Å²) in [4.78, 5) is 14.6. The van der Waals surface area contributed by atoms with E-state index >= 15 is 0 Å². The number of fused-ring (bicyclic) bond motifs is 1. The number of hydrogen-bond acceptors (Lipinski definition) is 6. The molecule has 0 spiro atoms. The molecule has 0 aromatic heterocycles. The van der Waals surface area contributed by atoms with Crippen molar-refractivity contribution in [1.29, 1.82) is 0 Å². The minimum atomic E-state index is -3.40. The van der Waals surface area contributed by atoms with Gasteiger partial charge >= 0.3 is 6.03 Å². The predicted molar refractivity (Wildman–Crippen MR) is 126 cm³/mol. The third-order valence-corrected chi connectivity index (χ3v) is 6.77. The van der Waals surface area contributed by atoms with Crippen LogP contribution < -0.4 is 18.7 Å². The van der Waals surface area contributed by atoms with Crippen LogP contribution in [0, 0.1) is 5.82 Å². The molecule has 9 nitrogen and oxygen atoms in total. The largest absolute Gasteiger partial charge is 0.493 e. The van der Waals surface area contributed by atoms with Crippen LogP contribution in [0.4, 0.5) is 20.6 Å². The second-order valence-corrected chi connectivity index (χ2v) is 9.74. The number of ether oxygens (including phenoxy) is 2. The summed E-state index contributed by atoms with van der Waals surface area (Å²) in [6.07, 6.45) is 2.78. The molecule has 2 amide bonds. The molecular formula is C22H27FN4O5S. The summed E-state index contributed by atoms with van der Waals surface area (Å²) >= 11 is 0. The highest BCUT2D eigenvalue weighted by molar-refractivity contribution is 7.92. The Morgan fingerprint density at radius 1 is 1.15 bits per heavy atom. The zero-order chi connectivity index (χ0) is 24.5. The second-order valence-electron chi connectivity index (χ2n) is 7.73. The van der Waals surface area contributed by atoms with Gasteiger partial charge in [0.25, 0.3) is 0 Å². The Labute approximate surface area is 193 Å². The lowest BCUT2D eigenvalue weighted by molar-refractivity contribution is 0.190. The fraction of sp³-hybridized carbons (Fsp3) is 0.364. The smallest absolute Gasteiger partial charge is 0.344 e. The van der Waals surface area contributed by atoms with E-state index in [4.69, 9.17) is 9.47 Å². The van der Waals surface area contributed by atoms with Crippen molar-refractivity contribution in [2.45, 2.75) is 19.4 Å². The highest BCUT2D eigenvalue weighted by Gasteiger charge is 2.29. The highest BCUT2D eigenvalue weighted by Crippen LogP contribution is 2.36. The number of hydrazone groups is 1. The summed E-state index contributed by atoms with van der Waals surface area (Å²) in [5.74, 6) is -0.354. The minimum absolute atomic E-state index is 0.0219. The number of benzene rings is 2. The van der Waals surface area contributed by atoms with E-state index in [-0.39, 0.29) is 23.1 Å². The van der Waals surface area contributed by atoms with Gasteiger partial charge in [0.05, 0.1) is 38.4 Å². The lowest BCUT2D eigenvalue weighted by Crippen LogP contribution is -2.43. The number of amides is 2. The number of anilines is 2. The van der Waals surface area contributed by atoms with Gasteiger partial charge in [-0.3, -0.25) is 9.21 Å². The summed E-state index contributed by atoms with van der Waals surface area (Å²) in [5.41, 5.74) is 1.90. The van der Waals surface area contributed by atoms with E-state index in [2.05, 4.69) is 5.10 Å². The normalized spacial score (nSPS) is 15.5. The Kier molecular flexibility index (Phi) is 6.82. The van der Waals surface area contributed by atoms with Crippen molar-refractivity contribution in [3.8, 4) is 11.5 Å². The molecule has 0 aliphatic carbocycles. The standard InChI is InChI=1S/C22H27FN4O5S/c1-14-11-15-12-19(31-4)21(32-5)20(23)18(15)13-24-27(14)22(28)25(2)16-7-9-17(10-8-16)26(3)33(6,29)30/h7-10,12-14H,11H2,1-6H3. The Balaban J connectivity index is 1.87. The molecule has 11 heteroatoms. The molecule has 2 aromatic carbocycles. The van der Waals surface area contributed by atoms with Crippen molar-refractivity contribution in [2.24, 2.45) is 5.10 Å². The van der Waals surface area contributed by atoms with E-state index in [9.17, 15) is 17.6 Å². The van der Waals surface area contributed by atoms with E-state index in [0.29, 0.717) is 23.4 Å². The van der Waals surface area contributed by atoms with Gasteiger partial charge in [-0.15, -0.1) is 0 Å². The third-order valence-electron chi connectivity index (χ3n) is 5.56. The van der Waals surface area contributed by atoms with Crippen LogP contribution >= 0.6 is 0 Å². The van der Waals surface area contributed by atoms with Crippen LogP contribution in [-0.4, -0.2) is 66.3 Å². The zero-order valence-corrected chi connectivity index (χ0v) is 20.2. The quantitative estimate of drug-likeness (QED) is 0.659. The maximum Gasteiger partial charge on any atom is 0.344 e. The molecule has 0 fully saturated rings. The summed E-state index contributed by atoms with van der Waals surface area (Å²) < 4.78 is 50.0. The molecule has 1 heterocycles. The maximum absolute atomic E-state index is 15.0. The van der Waals surface area contributed by atoms with Crippen molar-refractivity contribution in [2.75, 3.05) is 43.8 Å². The van der Waals surface area contributed by atoms with E-state index < -0.39 is 21.9 Å². The van der Waals surface area contributed by atoms with Crippen LogP contribution in [-0.2, 0) is 16.4 Å².